The highest BCUT2D eigenvalue weighted by atomic mass is 32.2. The lowest BCUT2D eigenvalue weighted by Gasteiger charge is -2.06. The average Bonchev–Trinajstić information content (AvgIpc) is 3.18. The zero-order valence-electron chi connectivity index (χ0n) is 16.4. The van der Waals surface area contributed by atoms with E-state index in [1.165, 1.54) is 35.8 Å². The van der Waals surface area contributed by atoms with E-state index in [4.69, 9.17) is 0 Å². The molecule has 0 saturated heterocycles. The quantitative estimate of drug-likeness (QED) is 0.269. The monoisotopic (exact) mass is 436 g/mol. The number of Topliss-reactive ketones (excluding diaryl/α,β-unsaturated/α-hetero) is 1. The lowest BCUT2D eigenvalue weighted by atomic mass is 10.1. The van der Waals surface area contributed by atoms with Crippen LogP contribution in [0.3, 0.4) is 0 Å². The Morgan fingerprint density at radius 2 is 1.87 bits per heavy atom. The number of benzene rings is 2. The molecule has 2 heterocycles. The van der Waals surface area contributed by atoms with Crippen molar-refractivity contribution >= 4 is 40.3 Å². The molecular formula is C21H17FN6O2S. The zero-order valence-corrected chi connectivity index (χ0v) is 17.3. The number of anilines is 1. The highest BCUT2D eigenvalue weighted by Gasteiger charge is 2.15. The summed E-state index contributed by atoms with van der Waals surface area (Å²) in [5, 5.41) is 11.5. The predicted molar refractivity (Wildman–Crippen MR) is 114 cm³/mol. The zero-order chi connectivity index (χ0) is 21.8. The van der Waals surface area contributed by atoms with Gasteiger partial charge in [-0.25, -0.2) is 19.0 Å². The van der Waals surface area contributed by atoms with Gasteiger partial charge >= 0.3 is 0 Å². The van der Waals surface area contributed by atoms with Gasteiger partial charge in [-0.2, -0.15) is 0 Å². The highest BCUT2D eigenvalue weighted by molar-refractivity contribution is 8.00. The van der Waals surface area contributed by atoms with Crippen LogP contribution < -0.4 is 5.32 Å². The lowest BCUT2D eigenvalue weighted by Crippen LogP contribution is -2.14. The maximum absolute atomic E-state index is 14.0. The summed E-state index contributed by atoms with van der Waals surface area (Å²) in [6, 6.07) is 13.1. The Labute approximate surface area is 180 Å². The first-order valence-electron chi connectivity index (χ1n) is 9.32. The van der Waals surface area contributed by atoms with Gasteiger partial charge in [-0.1, -0.05) is 35.2 Å². The van der Waals surface area contributed by atoms with Crippen molar-refractivity contribution < 1.29 is 14.0 Å². The summed E-state index contributed by atoms with van der Waals surface area (Å²) >= 11 is 1.20. The Kier molecular flexibility index (Phi) is 5.99. The number of fused-ring (bicyclic) bond motifs is 1. The van der Waals surface area contributed by atoms with E-state index in [2.05, 4.69) is 25.6 Å². The Hall–Kier alpha value is -3.66. The van der Waals surface area contributed by atoms with Crippen molar-refractivity contribution in [2.24, 2.45) is 0 Å². The molecule has 0 saturated carbocycles. The summed E-state index contributed by atoms with van der Waals surface area (Å²) < 4.78 is 15.4. The number of amides is 1. The molecule has 4 rings (SSSR count). The maximum Gasteiger partial charge on any atom is 0.234 e. The van der Waals surface area contributed by atoms with Crippen LogP contribution in [0, 0.1) is 5.82 Å². The van der Waals surface area contributed by atoms with Crippen LogP contribution in [0.4, 0.5) is 10.1 Å². The third-order valence-electron chi connectivity index (χ3n) is 4.46. The van der Waals surface area contributed by atoms with Gasteiger partial charge in [0.25, 0.3) is 0 Å². The van der Waals surface area contributed by atoms with E-state index in [0.717, 1.165) is 0 Å². The summed E-state index contributed by atoms with van der Waals surface area (Å²) in [6.07, 6.45) is 1.37. The van der Waals surface area contributed by atoms with Crippen molar-refractivity contribution in [2.45, 2.75) is 18.5 Å². The molecule has 31 heavy (non-hydrogen) atoms. The topological polar surface area (TPSA) is 103 Å². The molecule has 0 aliphatic carbocycles. The van der Waals surface area contributed by atoms with Crippen LogP contribution in [0.1, 0.15) is 22.8 Å². The third-order valence-corrected chi connectivity index (χ3v) is 5.44. The van der Waals surface area contributed by atoms with Crippen molar-refractivity contribution in [3.8, 4) is 0 Å². The summed E-state index contributed by atoms with van der Waals surface area (Å²) in [7, 11) is 0. The normalized spacial score (nSPS) is 10.9. The fourth-order valence-electron chi connectivity index (χ4n) is 2.89. The van der Waals surface area contributed by atoms with Crippen LogP contribution in [0.15, 0.2) is 59.9 Å². The van der Waals surface area contributed by atoms with Gasteiger partial charge in [-0.05, 0) is 37.3 Å². The molecule has 0 atom stereocenters. The van der Waals surface area contributed by atoms with Gasteiger partial charge in [0.1, 0.15) is 17.2 Å². The van der Waals surface area contributed by atoms with Gasteiger partial charge in [-0.3, -0.25) is 9.59 Å². The molecule has 0 aliphatic rings. The van der Waals surface area contributed by atoms with Crippen LogP contribution in [0.25, 0.3) is 11.2 Å². The fourth-order valence-corrected chi connectivity index (χ4v) is 3.62. The molecule has 2 aromatic carbocycles. The smallest absolute Gasteiger partial charge is 0.234 e. The van der Waals surface area contributed by atoms with Gasteiger partial charge < -0.3 is 5.32 Å². The molecule has 10 heteroatoms. The van der Waals surface area contributed by atoms with Gasteiger partial charge in [0.2, 0.25) is 5.91 Å². The SMILES string of the molecule is CC(=O)c1ccc(NC(=O)CSc2ncnc3c2nnn3Cc2ccccc2F)cc1. The fraction of sp³-hybridized carbons (Fsp3) is 0.143. The van der Waals surface area contributed by atoms with E-state index in [1.54, 1.807) is 42.5 Å². The average molecular weight is 436 g/mol. The van der Waals surface area contributed by atoms with Crippen molar-refractivity contribution in [3.63, 3.8) is 0 Å². The van der Waals surface area contributed by atoms with Crippen LogP contribution in [0.5, 0.6) is 0 Å². The third kappa shape index (κ3) is 4.75. The minimum atomic E-state index is -0.331. The summed E-state index contributed by atoms with van der Waals surface area (Å²) in [5.41, 5.74) is 2.55. The van der Waals surface area contributed by atoms with Crippen molar-refractivity contribution in [3.05, 3.63) is 71.8 Å². The molecule has 1 amide bonds. The number of rotatable bonds is 7. The van der Waals surface area contributed by atoms with Crippen LogP contribution in [0.2, 0.25) is 0 Å². The van der Waals surface area contributed by atoms with Gasteiger partial charge in [0.15, 0.2) is 16.9 Å². The van der Waals surface area contributed by atoms with E-state index >= 15 is 0 Å². The van der Waals surface area contributed by atoms with Gasteiger partial charge in [0, 0.05) is 16.8 Å². The Morgan fingerprint density at radius 3 is 2.61 bits per heavy atom. The molecule has 2 aromatic heterocycles. The second-order valence-corrected chi connectivity index (χ2v) is 7.62. The van der Waals surface area contributed by atoms with E-state index in [-0.39, 0.29) is 29.8 Å². The minimum Gasteiger partial charge on any atom is -0.325 e. The molecule has 156 valence electrons. The van der Waals surface area contributed by atoms with Crippen LogP contribution >= 0.6 is 11.8 Å². The van der Waals surface area contributed by atoms with E-state index in [0.29, 0.717) is 33.0 Å². The predicted octanol–water partition coefficient (Wildman–Crippen LogP) is 3.34. The van der Waals surface area contributed by atoms with E-state index in [9.17, 15) is 14.0 Å². The number of ketones is 1. The maximum atomic E-state index is 14.0. The number of nitrogens with one attached hydrogen (secondary N) is 1. The molecule has 1 N–H and O–H groups in total. The molecule has 0 unspecified atom stereocenters. The summed E-state index contributed by atoms with van der Waals surface area (Å²) in [4.78, 5) is 32.0. The first kappa shape index (κ1) is 20.6. The molecule has 0 fully saturated rings. The number of carbonyl (C=O) groups excluding carboxylic acids is 2. The Bertz CT molecular complexity index is 1260. The lowest BCUT2D eigenvalue weighted by molar-refractivity contribution is -0.113. The van der Waals surface area contributed by atoms with Gasteiger partial charge in [0.05, 0.1) is 12.3 Å². The molecule has 0 aliphatic heterocycles. The Balaban J connectivity index is 1.44. The van der Waals surface area contributed by atoms with Crippen LogP contribution in [-0.2, 0) is 11.3 Å². The number of nitrogens with zero attached hydrogens (tertiary/aromatic N) is 5. The van der Waals surface area contributed by atoms with Crippen molar-refractivity contribution in [2.75, 3.05) is 11.1 Å². The Morgan fingerprint density at radius 1 is 1.10 bits per heavy atom. The summed E-state index contributed by atoms with van der Waals surface area (Å²) in [5.74, 6) is -0.501. The molecule has 0 radical (unpaired) electrons. The number of halogens is 1. The number of carbonyl (C=O) groups is 2. The summed E-state index contributed by atoms with van der Waals surface area (Å²) in [6.45, 7) is 1.67. The largest absolute Gasteiger partial charge is 0.325 e. The molecular weight excluding hydrogens is 419 g/mol. The van der Waals surface area contributed by atoms with E-state index < -0.39 is 0 Å². The second-order valence-electron chi connectivity index (χ2n) is 6.66. The van der Waals surface area contributed by atoms with Crippen molar-refractivity contribution in [1.82, 2.24) is 25.0 Å². The minimum absolute atomic E-state index is 0.0377. The number of hydrogen-bond donors (Lipinski definition) is 1. The number of aromatic nitrogens is 5. The van der Waals surface area contributed by atoms with Gasteiger partial charge in [-0.15, -0.1) is 5.10 Å². The molecule has 0 bridgehead atoms. The highest BCUT2D eigenvalue weighted by Crippen LogP contribution is 2.23. The van der Waals surface area contributed by atoms with Crippen molar-refractivity contribution in [1.29, 1.82) is 0 Å². The first-order chi connectivity index (χ1) is 15.0. The van der Waals surface area contributed by atoms with Crippen LogP contribution in [-0.4, -0.2) is 42.4 Å². The first-order valence-corrected chi connectivity index (χ1v) is 10.3. The molecule has 0 spiro atoms. The number of hydrogen-bond acceptors (Lipinski definition) is 7. The second kappa shape index (κ2) is 9.00. The number of thioether (sulfide) groups is 1. The van der Waals surface area contributed by atoms with E-state index in [1.807, 2.05) is 0 Å². The molecule has 8 nitrogen and oxygen atoms in total. The molecule has 4 aromatic rings. The standard InChI is InChI=1S/C21H17FN6O2S/c1-13(29)14-6-8-16(9-7-14)25-18(30)11-31-21-19-20(23-12-24-21)28(27-26-19)10-15-4-2-3-5-17(15)22/h2-9,12H,10-11H2,1H3,(H,25,30).